The van der Waals surface area contributed by atoms with Gasteiger partial charge in [0.2, 0.25) is 11.8 Å². The third kappa shape index (κ3) is 17.5. The van der Waals surface area contributed by atoms with Gasteiger partial charge in [0.1, 0.15) is 189 Å². The summed E-state index contributed by atoms with van der Waals surface area (Å²) < 4.78 is 87.9. The van der Waals surface area contributed by atoms with Gasteiger partial charge in [-0.25, -0.2) is 0 Å². The van der Waals surface area contributed by atoms with Crippen LogP contribution in [0, 0.1) is 5.92 Å². The first-order chi connectivity index (χ1) is 45.9. The van der Waals surface area contributed by atoms with Gasteiger partial charge >= 0.3 is 0 Å². The molecule has 8 heterocycles. The summed E-state index contributed by atoms with van der Waals surface area (Å²) in [5.41, 5.74) is 0. The maximum absolute atomic E-state index is 12.9. The fourth-order valence-electron chi connectivity index (χ4n) is 12.7. The van der Waals surface area contributed by atoms with Crippen LogP contribution in [0.15, 0.2) is 0 Å². The van der Waals surface area contributed by atoms with Gasteiger partial charge in [0.25, 0.3) is 0 Å². The number of amides is 2. The molecule has 0 aromatic rings. The average molecular weight is 1420 g/mol. The van der Waals surface area contributed by atoms with Crippen LogP contribution < -0.4 is 10.6 Å². The summed E-state index contributed by atoms with van der Waals surface area (Å²) in [5, 5.41) is 257. The molecule has 0 spiro atoms. The maximum atomic E-state index is 12.9. The topological polar surface area (TPSA) is 662 Å². The minimum atomic E-state index is -2.47. The van der Waals surface area contributed by atoms with Gasteiger partial charge in [-0.15, -0.1) is 0 Å². The molecular weight excluding hydrogens is 1330 g/mol. The van der Waals surface area contributed by atoms with Crippen molar-refractivity contribution in [2.75, 3.05) is 52.9 Å². The Morgan fingerprint density at radius 2 is 0.598 bits per heavy atom. The number of carbonyl (C=O) groups excluding carboxylic acids is 2. The maximum Gasteiger partial charge on any atom is 0.217 e. The molecule has 0 radical (unpaired) electrons. The van der Waals surface area contributed by atoms with Crippen molar-refractivity contribution in [3.05, 3.63) is 0 Å². The fraction of sp³-hybridized carbons (Fsp3) is 0.964. The van der Waals surface area contributed by atoms with E-state index in [0.717, 1.165) is 13.8 Å². The predicted molar refractivity (Wildman–Crippen MR) is 300 cm³/mol. The van der Waals surface area contributed by atoms with E-state index < -0.39 is 310 Å². The lowest BCUT2D eigenvalue weighted by molar-refractivity contribution is -0.399. The van der Waals surface area contributed by atoms with Crippen molar-refractivity contribution in [2.24, 2.45) is 5.92 Å². The smallest absolute Gasteiger partial charge is 0.217 e. The van der Waals surface area contributed by atoms with Gasteiger partial charge in [-0.05, 0) is 5.92 Å². The molecule has 25 N–H and O–H groups in total. The van der Waals surface area contributed by atoms with Gasteiger partial charge in [-0.2, -0.15) is 0 Å². The van der Waals surface area contributed by atoms with E-state index in [4.69, 9.17) is 71.1 Å². The zero-order valence-electron chi connectivity index (χ0n) is 52.6. The van der Waals surface area contributed by atoms with Crippen molar-refractivity contribution in [3.63, 3.8) is 0 Å². The number of aliphatic hydroxyl groups is 23. The van der Waals surface area contributed by atoms with Gasteiger partial charge in [0.05, 0.1) is 65.0 Å². The number of rotatable bonds is 25. The van der Waals surface area contributed by atoms with Crippen molar-refractivity contribution in [1.29, 1.82) is 0 Å². The third-order valence-electron chi connectivity index (χ3n) is 18.1. The SMILES string of the molecule is CC(=O)NC1[C@H](O[C@@H]2C(CO)O[C@@H](C(C)C)C(NC(C)=O)[C@H]2O)OC(CO)[C@@H](O[C@@H]2OC(CO[C@H]3OC(CO[C@H]4OC(CO)[C@@H](O)[C@H](O)C4O)[C@@H](O)[C@H](O[C@H]4O[C@@H](CO)[C@@H](O)C(O)C4O)C3O)[C@@H](O)[C@H](O[C@H]3O[C@@H](CO)[C@@H](O)C(O)C3O[C@H]3O[C@@H](CO)[C@@H](O)C(O)C3O)C2O)[C@@H]1O. The molecule has 0 bridgehead atoms. The van der Waals surface area contributed by atoms with E-state index in [1.54, 1.807) is 13.8 Å². The van der Waals surface area contributed by atoms with E-state index in [-0.39, 0.29) is 5.92 Å². The first kappa shape index (κ1) is 80.1. The highest BCUT2D eigenvalue weighted by atomic mass is 16.8. The molecule has 8 fully saturated rings. The molecule has 2 amide bonds. The van der Waals surface area contributed by atoms with Crippen molar-refractivity contribution >= 4 is 11.8 Å². The number of hydrogen-bond donors (Lipinski definition) is 25. The highest BCUT2D eigenvalue weighted by molar-refractivity contribution is 5.73. The largest absolute Gasteiger partial charge is 0.394 e. The second-order valence-electron chi connectivity index (χ2n) is 25.2. The van der Waals surface area contributed by atoms with Gasteiger partial charge in [0, 0.05) is 13.8 Å². The summed E-state index contributed by atoms with van der Waals surface area (Å²) in [4.78, 5) is 25.3. The Morgan fingerprint density at radius 1 is 0.299 bits per heavy atom. The molecule has 0 aromatic heterocycles. The average Bonchev–Trinajstić information content (AvgIpc) is 0.775. The lowest BCUT2D eigenvalue weighted by Gasteiger charge is -2.51. The lowest BCUT2D eigenvalue weighted by atomic mass is 9.87. The van der Waals surface area contributed by atoms with Crippen molar-refractivity contribution in [2.45, 2.75) is 273 Å². The molecule has 42 heteroatoms. The summed E-state index contributed by atoms with van der Waals surface area (Å²) in [6.45, 7) is -2.42. The fourth-order valence-corrected chi connectivity index (χ4v) is 12.7. The minimum absolute atomic E-state index is 0.374. The Morgan fingerprint density at radius 3 is 1.04 bits per heavy atom. The van der Waals surface area contributed by atoms with Crippen LogP contribution in [0.3, 0.4) is 0 Å². The van der Waals surface area contributed by atoms with Crippen LogP contribution >= 0.6 is 0 Å². The van der Waals surface area contributed by atoms with Crippen molar-refractivity contribution in [3.8, 4) is 0 Å². The number of nitrogens with one attached hydrogen (secondary N) is 2. The monoisotopic (exact) mass is 1420 g/mol. The summed E-state index contributed by atoms with van der Waals surface area (Å²) in [5.74, 6) is -1.84. The van der Waals surface area contributed by atoms with Gasteiger partial charge in [-0.1, -0.05) is 13.8 Å². The molecule has 8 saturated heterocycles. The number of aliphatic hydroxyl groups excluding tert-OH is 23. The molecule has 8 aliphatic rings. The van der Waals surface area contributed by atoms with Crippen LogP contribution in [0.2, 0.25) is 0 Å². The molecule has 97 heavy (non-hydrogen) atoms. The molecule has 0 aromatic carbocycles. The molecular formula is C55H94N2O40. The Bertz CT molecular complexity index is 2430. The molecule has 0 aliphatic carbocycles. The van der Waals surface area contributed by atoms with Crippen LogP contribution in [0.1, 0.15) is 27.7 Å². The third-order valence-corrected chi connectivity index (χ3v) is 18.1. The second kappa shape index (κ2) is 34.8. The number of ether oxygens (including phenoxy) is 15. The molecule has 8 aliphatic heterocycles. The highest BCUT2D eigenvalue weighted by Gasteiger charge is 2.59. The standard InChI is InChI=1S/C55H94N2O40/c1-13(2)43-24(56-14(3)64)32(72)44(20(9-62)85-43)93-49-25(57-15(4)65)33(73)45(21(10-63)90-49)94-54-42(82)47(96-55-48(37(77)29(69)19(8-61)89-55)97-53-40(80)36(76)28(68)18(7-60)88-53)31(71)23(92-54)12-84-51-41(81)46(95-52-39(79)35(75)27(67)17(6-59)87-52)30(70)22(91-51)11-83-50-38(78)34(74)26(66)16(5-58)86-50/h13,16-55,58-63,66-82H,5-12H2,1-4H3,(H,56,64)(H,57,65)/t16?,17-,18-,19-,20?,21?,22?,23?,24?,25?,26+,27+,28+,29+,30+,31+,32+,33+,34-,35?,36?,37?,38?,39?,40?,41?,42?,43-,44+,45+,46-,47-,48?,49-,50-,51-,52+,53+,54-,55+/m0/s1. The number of hydrogen-bond acceptors (Lipinski definition) is 40. The van der Waals surface area contributed by atoms with Crippen LogP contribution in [0.4, 0.5) is 0 Å². The Labute approximate surface area is 551 Å². The quantitative estimate of drug-likeness (QED) is 0.0404. The highest BCUT2D eigenvalue weighted by Crippen LogP contribution is 2.39. The van der Waals surface area contributed by atoms with E-state index in [0.29, 0.717) is 0 Å². The molecule has 8 rings (SSSR count). The Balaban J connectivity index is 1.12. The van der Waals surface area contributed by atoms with Crippen LogP contribution in [-0.4, -0.2) is 427 Å². The van der Waals surface area contributed by atoms with Crippen molar-refractivity contribution in [1.82, 2.24) is 10.6 Å². The first-order valence-corrected chi connectivity index (χ1v) is 31.4. The lowest BCUT2D eigenvalue weighted by Crippen LogP contribution is -2.70. The zero-order chi connectivity index (χ0) is 71.5. The normalized spacial score (nSPS) is 50.1. The Hall–Kier alpha value is -2.58. The molecule has 16 unspecified atom stereocenters. The summed E-state index contributed by atoms with van der Waals surface area (Å²) in [6, 6.07) is -3.00. The van der Waals surface area contributed by atoms with E-state index in [9.17, 15) is 127 Å². The molecule has 40 atom stereocenters. The van der Waals surface area contributed by atoms with Crippen LogP contribution in [-0.2, 0) is 80.6 Å². The minimum Gasteiger partial charge on any atom is -0.394 e. The zero-order valence-corrected chi connectivity index (χ0v) is 52.6. The van der Waals surface area contributed by atoms with Gasteiger partial charge in [-0.3, -0.25) is 9.59 Å². The summed E-state index contributed by atoms with van der Waals surface area (Å²) in [6.07, 6.45) is -75.7. The van der Waals surface area contributed by atoms with E-state index in [1.165, 1.54) is 0 Å². The first-order valence-electron chi connectivity index (χ1n) is 31.4. The summed E-state index contributed by atoms with van der Waals surface area (Å²) in [7, 11) is 0. The predicted octanol–water partition coefficient (Wildman–Crippen LogP) is -16.5. The van der Waals surface area contributed by atoms with Crippen LogP contribution in [0.5, 0.6) is 0 Å². The van der Waals surface area contributed by atoms with Crippen molar-refractivity contribution < 1.29 is 198 Å². The van der Waals surface area contributed by atoms with E-state index in [1.807, 2.05) is 0 Å². The number of carbonyl (C=O) groups is 2. The van der Waals surface area contributed by atoms with E-state index in [2.05, 4.69) is 10.6 Å². The molecule has 564 valence electrons. The van der Waals surface area contributed by atoms with Gasteiger partial charge in [0.15, 0.2) is 44.0 Å². The Kier molecular flexibility index (Phi) is 28.7. The summed E-state index contributed by atoms with van der Waals surface area (Å²) >= 11 is 0. The molecule has 0 saturated carbocycles. The van der Waals surface area contributed by atoms with E-state index >= 15 is 0 Å². The second-order valence-corrected chi connectivity index (χ2v) is 25.2. The van der Waals surface area contributed by atoms with Gasteiger partial charge < -0.3 is 199 Å². The van der Waals surface area contributed by atoms with Crippen LogP contribution in [0.25, 0.3) is 0 Å². The molecule has 42 nitrogen and oxygen atoms in total.